The van der Waals surface area contributed by atoms with Gasteiger partial charge in [0.25, 0.3) is 0 Å². The highest BCUT2D eigenvalue weighted by Gasteiger charge is 2.06. The van der Waals surface area contributed by atoms with E-state index in [1.54, 1.807) is 0 Å². The van der Waals surface area contributed by atoms with E-state index in [4.69, 9.17) is 0 Å². The van der Waals surface area contributed by atoms with Crippen molar-refractivity contribution in [3.8, 4) is 0 Å². The molecule has 1 aromatic carbocycles. The molecule has 0 radical (unpaired) electrons. The second kappa shape index (κ2) is 4.23. The zero-order valence-electron chi connectivity index (χ0n) is 11.3. The minimum atomic E-state index is 0.800. The van der Waals surface area contributed by atoms with Gasteiger partial charge in [0, 0.05) is 29.5 Å². The maximum atomic E-state index is 4.66. The number of fused-ring (bicyclic) bond motifs is 2. The minimum absolute atomic E-state index is 0.800. The minimum Gasteiger partial charge on any atom is -0.341 e. The predicted octanol–water partition coefficient (Wildman–Crippen LogP) is 3.65. The Labute approximate surface area is 117 Å². The van der Waals surface area contributed by atoms with Crippen LogP contribution in [0.3, 0.4) is 0 Å². The van der Waals surface area contributed by atoms with E-state index >= 15 is 0 Å². The molecule has 0 aliphatic heterocycles. The van der Waals surface area contributed by atoms with Crippen molar-refractivity contribution in [2.24, 2.45) is 0 Å². The fourth-order valence-corrected chi connectivity index (χ4v) is 2.75. The summed E-state index contributed by atoms with van der Waals surface area (Å²) < 4.78 is 4.32. The topological polar surface area (TPSA) is 22.2 Å². The van der Waals surface area contributed by atoms with Crippen LogP contribution in [-0.2, 0) is 6.54 Å². The molecular weight excluding hydrogens is 246 g/mol. The third-order valence-corrected chi connectivity index (χ3v) is 3.78. The van der Waals surface area contributed by atoms with E-state index in [1.165, 1.54) is 16.5 Å². The van der Waals surface area contributed by atoms with Gasteiger partial charge in [-0.3, -0.25) is 0 Å². The van der Waals surface area contributed by atoms with Gasteiger partial charge < -0.3 is 8.97 Å². The lowest BCUT2D eigenvalue weighted by Crippen LogP contribution is -1.97. The number of nitrogens with zero attached hydrogens (tertiary/aromatic N) is 3. The molecule has 3 nitrogen and oxygen atoms in total. The van der Waals surface area contributed by atoms with Gasteiger partial charge in [0.15, 0.2) is 0 Å². The molecule has 3 heterocycles. The number of hydrogen-bond donors (Lipinski definition) is 0. The Morgan fingerprint density at radius 1 is 1.00 bits per heavy atom. The Balaban J connectivity index is 1.78. The summed E-state index contributed by atoms with van der Waals surface area (Å²) in [7, 11) is 0. The van der Waals surface area contributed by atoms with Gasteiger partial charge in [0.2, 0.25) is 0 Å². The molecule has 4 rings (SSSR count). The summed E-state index contributed by atoms with van der Waals surface area (Å²) in [6.45, 7) is 2.95. The Bertz CT molecular complexity index is 866. The molecule has 0 aliphatic carbocycles. The standard InChI is InChI=1S/C17H15N3/c1-13-5-4-6-16-15(13)8-10-19(16)11-14-12-20-9-3-2-7-17(20)18-14/h2-10,12H,11H2,1H3. The molecule has 0 saturated heterocycles. The molecule has 0 aliphatic rings. The average Bonchev–Trinajstić information content (AvgIpc) is 3.04. The maximum absolute atomic E-state index is 4.66. The molecule has 0 unspecified atom stereocenters. The highest BCUT2D eigenvalue weighted by Crippen LogP contribution is 2.20. The number of imidazole rings is 1. The van der Waals surface area contributed by atoms with Gasteiger partial charge in [-0.15, -0.1) is 0 Å². The molecule has 3 heteroatoms. The van der Waals surface area contributed by atoms with E-state index in [-0.39, 0.29) is 0 Å². The van der Waals surface area contributed by atoms with Crippen molar-refractivity contribution < 1.29 is 0 Å². The van der Waals surface area contributed by atoms with Gasteiger partial charge in [-0.05, 0) is 36.8 Å². The van der Waals surface area contributed by atoms with Crippen molar-refractivity contribution >= 4 is 16.6 Å². The summed E-state index contributed by atoms with van der Waals surface area (Å²) in [6.07, 6.45) is 6.27. The Kier molecular flexibility index (Phi) is 2.39. The van der Waals surface area contributed by atoms with Gasteiger partial charge in [0.1, 0.15) is 5.65 Å². The smallest absolute Gasteiger partial charge is 0.137 e. The molecule has 0 fully saturated rings. The number of aromatic nitrogens is 3. The van der Waals surface area contributed by atoms with Crippen LogP contribution in [0, 0.1) is 6.92 Å². The molecule has 0 amide bonds. The molecule has 0 bridgehead atoms. The SMILES string of the molecule is Cc1cccc2c1ccn2Cc1cn2ccccc2n1. The van der Waals surface area contributed by atoms with Crippen molar-refractivity contribution in [1.29, 1.82) is 0 Å². The van der Waals surface area contributed by atoms with Crippen molar-refractivity contribution in [3.63, 3.8) is 0 Å². The first-order valence-corrected chi connectivity index (χ1v) is 6.78. The van der Waals surface area contributed by atoms with Crippen molar-refractivity contribution in [2.45, 2.75) is 13.5 Å². The molecule has 20 heavy (non-hydrogen) atoms. The summed E-state index contributed by atoms with van der Waals surface area (Å²) in [6, 6.07) is 14.7. The van der Waals surface area contributed by atoms with E-state index in [2.05, 4.69) is 57.5 Å². The molecule has 0 N–H and O–H groups in total. The molecular formula is C17H15N3. The summed E-state index contributed by atoms with van der Waals surface area (Å²) >= 11 is 0. The first kappa shape index (κ1) is 11.3. The van der Waals surface area contributed by atoms with E-state index in [9.17, 15) is 0 Å². The quantitative estimate of drug-likeness (QED) is 0.540. The summed E-state index contributed by atoms with van der Waals surface area (Å²) in [5, 5.41) is 1.32. The molecule has 3 aromatic heterocycles. The summed E-state index contributed by atoms with van der Waals surface area (Å²) in [5.74, 6) is 0. The first-order valence-electron chi connectivity index (χ1n) is 6.78. The van der Waals surface area contributed by atoms with Gasteiger partial charge in [-0.25, -0.2) is 4.98 Å². The van der Waals surface area contributed by atoms with Crippen molar-refractivity contribution in [1.82, 2.24) is 14.0 Å². The largest absolute Gasteiger partial charge is 0.341 e. The lowest BCUT2D eigenvalue weighted by molar-refractivity contribution is 0.815. The van der Waals surface area contributed by atoms with Gasteiger partial charge in [-0.1, -0.05) is 18.2 Å². The summed E-state index contributed by atoms with van der Waals surface area (Å²) in [5.41, 5.74) is 4.66. The Morgan fingerprint density at radius 3 is 2.85 bits per heavy atom. The van der Waals surface area contributed by atoms with Crippen LogP contribution in [0.25, 0.3) is 16.6 Å². The van der Waals surface area contributed by atoms with Crippen LogP contribution in [0.15, 0.2) is 61.1 Å². The van der Waals surface area contributed by atoms with Crippen LogP contribution >= 0.6 is 0 Å². The average molecular weight is 261 g/mol. The lowest BCUT2D eigenvalue weighted by atomic mass is 10.1. The zero-order valence-corrected chi connectivity index (χ0v) is 11.3. The van der Waals surface area contributed by atoms with Crippen molar-refractivity contribution in [2.75, 3.05) is 0 Å². The van der Waals surface area contributed by atoms with Gasteiger partial charge in [-0.2, -0.15) is 0 Å². The van der Waals surface area contributed by atoms with Crippen LogP contribution in [-0.4, -0.2) is 14.0 Å². The second-order valence-electron chi connectivity index (χ2n) is 5.15. The maximum Gasteiger partial charge on any atom is 0.137 e. The van der Waals surface area contributed by atoms with Gasteiger partial charge in [0.05, 0.1) is 12.2 Å². The fourth-order valence-electron chi connectivity index (χ4n) is 2.75. The van der Waals surface area contributed by atoms with Crippen LogP contribution < -0.4 is 0 Å². The van der Waals surface area contributed by atoms with E-state index in [0.717, 1.165) is 17.9 Å². The summed E-state index contributed by atoms with van der Waals surface area (Å²) in [4.78, 5) is 4.66. The Hall–Kier alpha value is -2.55. The molecule has 0 atom stereocenters. The number of hydrogen-bond acceptors (Lipinski definition) is 1. The van der Waals surface area contributed by atoms with Gasteiger partial charge >= 0.3 is 0 Å². The fraction of sp³-hybridized carbons (Fsp3) is 0.118. The molecule has 98 valence electrons. The van der Waals surface area contributed by atoms with E-state index < -0.39 is 0 Å². The number of benzene rings is 1. The van der Waals surface area contributed by atoms with Crippen LogP contribution in [0.4, 0.5) is 0 Å². The molecule has 0 saturated carbocycles. The zero-order chi connectivity index (χ0) is 13.5. The van der Waals surface area contributed by atoms with Crippen LogP contribution in [0.5, 0.6) is 0 Å². The van der Waals surface area contributed by atoms with Crippen LogP contribution in [0.2, 0.25) is 0 Å². The first-order chi connectivity index (χ1) is 9.81. The number of aryl methyl sites for hydroxylation is 1. The highest BCUT2D eigenvalue weighted by atomic mass is 15.0. The number of pyridine rings is 1. The molecule has 0 spiro atoms. The van der Waals surface area contributed by atoms with E-state index in [0.29, 0.717) is 0 Å². The number of rotatable bonds is 2. The third kappa shape index (κ3) is 1.71. The molecule has 4 aromatic rings. The third-order valence-electron chi connectivity index (χ3n) is 3.78. The second-order valence-corrected chi connectivity index (χ2v) is 5.15. The monoisotopic (exact) mass is 261 g/mol. The van der Waals surface area contributed by atoms with E-state index in [1.807, 2.05) is 24.4 Å². The highest BCUT2D eigenvalue weighted by molar-refractivity contribution is 5.83. The predicted molar refractivity (Wildman–Crippen MR) is 81.0 cm³/mol. The lowest BCUT2D eigenvalue weighted by Gasteiger charge is -2.03. The van der Waals surface area contributed by atoms with Crippen LogP contribution in [0.1, 0.15) is 11.3 Å². The van der Waals surface area contributed by atoms with Crippen molar-refractivity contribution in [3.05, 3.63) is 72.3 Å². The normalized spacial score (nSPS) is 11.4. The Morgan fingerprint density at radius 2 is 1.95 bits per heavy atom.